The van der Waals surface area contributed by atoms with Crippen LogP contribution in [-0.4, -0.2) is 17.9 Å². The monoisotopic (exact) mass is 150 g/mol. The number of halogens is 4. The summed E-state index contributed by atoms with van der Waals surface area (Å²) in [5, 5.41) is 7.58. The van der Waals surface area contributed by atoms with E-state index in [4.69, 9.17) is 5.11 Å². The van der Waals surface area contributed by atoms with E-state index in [1.54, 1.807) is 0 Å². The summed E-state index contributed by atoms with van der Waals surface area (Å²) in [6, 6.07) is 0. The predicted molar refractivity (Wildman–Crippen MR) is 25.0 cm³/mol. The van der Waals surface area contributed by atoms with Crippen LogP contribution in [0.4, 0.5) is 13.2 Å². The molecule has 0 spiro atoms. The molecule has 0 saturated heterocycles. The van der Waals surface area contributed by atoms with E-state index < -0.39 is 19.2 Å². The van der Waals surface area contributed by atoms with E-state index in [-0.39, 0.29) is 12.4 Å². The zero-order valence-corrected chi connectivity index (χ0v) is 4.67. The van der Waals surface area contributed by atoms with Crippen molar-refractivity contribution in [3.8, 4) is 0 Å². The maximum absolute atomic E-state index is 11.0. The molecule has 0 aromatic heterocycles. The van der Waals surface area contributed by atoms with Crippen LogP contribution in [0, 0.1) is 0 Å². The van der Waals surface area contributed by atoms with Crippen molar-refractivity contribution in [2.24, 2.45) is 0 Å². The van der Waals surface area contributed by atoms with Gasteiger partial charge in [-0.3, -0.25) is 0 Å². The zero-order valence-electron chi connectivity index (χ0n) is 3.85. The average Bonchev–Trinajstić information content (AvgIpc) is 1.27. The smallest absolute Gasteiger partial charge is 0.243 e. The van der Waals surface area contributed by atoms with E-state index in [0.717, 1.165) is 0 Å². The SMILES string of the molecule is Cl.OC(F)CC(F)F. The first kappa shape index (κ1) is 10.9. The second-order valence-electron chi connectivity index (χ2n) is 1.06. The Morgan fingerprint density at radius 3 is 1.62 bits per heavy atom. The van der Waals surface area contributed by atoms with Crippen molar-refractivity contribution in [1.82, 2.24) is 0 Å². The first-order chi connectivity index (χ1) is 3.13. The summed E-state index contributed by atoms with van der Waals surface area (Å²) in [7, 11) is 0. The quantitative estimate of drug-likeness (QED) is 0.630. The number of rotatable bonds is 2. The molecule has 1 N–H and O–H groups in total. The fraction of sp³-hybridized carbons (Fsp3) is 1.00. The molecule has 0 saturated carbocycles. The Balaban J connectivity index is 0. The van der Waals surface area contributed by atoms with Crippen LogP contribution in [0.5, 0.6) is 0 Å². The highest BCUT2D eigenvalue weighted by Crippen LogP contribution is 2.03. The minimum absolute atomic E-state index is 0. The Labute approximate surface area is 50.9 Å². The Hall–Kier alpha value is 0.0400. The number of alkyl halides is 3. The lowest BCUT2D eigenvalue weighted by Crippen LogP contribution is -2.03. The lowest BCUT2D eigenvalue weighted by Gasteiger charge is -1.95. The van der Waals surface area contributed by atoms with Gasteiger partial charge in [0, 0.05) is 0 Å². The molecule has 52 valence electrons. The van der Waals surface area contributed by atoms with Gasteiger partial charge in [0.1, 0.15) is 0 Å². The van der Waals surface area contributed by atoms with Gasteiger partial charge in [-0.1, -0.05) is 0 Å². The average molecular weight is 151 g/mol. The highest BCUT2D eigenvalue weighted by molar-refractivity contribution is 5.85. The standard InChI is InChI=1S/C3H5F3O.ClH/c4-2(5)1-3(6)7;/h2-3,7H,1H2;1H. The molecule has 5 heteroatoms. The van der Waals surface area contributed by atoms with Crippen LogP contribution in [-0.2, 0) is 0 Å². The molecule has 0 aliphatic carbocycles. The maximum Gasteiger partial charge on any atom is 0.243 e. The van der Waals surface area contributed by atoms with E-state index >= 15 is 0 Å². The molecule has 0 radical (unpaired) electrons. The van der Waals surface area contributed by atoms with E-state index in [0.29, 0.717) is 0 Å². The van der Waals surface area contributed by atoms with Crippen molar-refractivity contribution in [2.75, 3.05) is 0 Å². The second kappa shape index (κ2) is 5.18. The molecule has 1 nitrogen and oxygen atoms in total. The maximum atomic E-state index is 11.0. The highest BCUT2D eigenvalue weighted by atomic mass is 35.5. The van der Waals surface area contributed by atoms with Gasteiger partial charge in [-0.05, 0) is 0 Å². The summed E-state index contributed by atoms with van der Waals surface area (Å²) in [6.45, 7) is 0. The number of aliphatic hydroxyl groups excluding tert-OH is 1. The van der Waals surface area contributed by atoms with Crippen LogP contribution in [0.15, 0.2) is 0 Å². The fourth-order valence-electron chi connectivity index (χ4n) is 0.147. The van der Waals surface area contributed by atoms with Crippen molar-refractivity contribution in [2.45, 2.75) is 19.2 Å². The minimum Gasteiger partial charge on any atom is -0.364 e. The van der Waals surface area contributed by atoms with Gasteiger partial charge in [-0.25, -0.2) is 13.2 Å². The zero-order chi connectivity index (χ0) is 5.86. The Bertz CT molecular complexity index is 43.8. The van der Waals surface area contributed by atoms with Crippen molar-refractivity contribution >= 4 is 12.4 Å². The summed E-state index contributed by atoms with van der Waals surface area (Å²) in [4.78, 5) is 0. The molecule has 0 fully saturated rings. The molecule has 0 heterocycles. The molecular formula is C3H6ClF3O. The molecule has 1 atom stereocenters. The summed E-state index contributed by atoms with van der Waals surface area (Å²) >= 11 is 0. The van der Waals surface area contributed by atoms with E-state index in [9.17, 15) is 13.2 Å². The number of hydrogen-bond donors (Lipinski definition) is 1. The second-order valence-corrected chi connectivity index (χ2v) is 1.06. The molecule has 1 unspecified atom stereocenters. The normalized spacial score (nSPS) is 13.1. The molecule has 0 aliphatic rings. The van der Waals surface area contributed by atoms with Crippen molar-refractivity contribution < 1.29 is 18.3 Å². The lowest BCUT2D eigenvalue weighted by molar-refractivity contribution is -0.0156. The molecule has 0 amide bonds. The summed E-state index contributed by atoms with van der Waals surface area (Å²) in [5.41, 5.74) is 0. The third-order valence-corrected chi connectivity index (χ3v) is 0.373. The summed E-state index contributed by atoms with van der Waals surface area (Å²) < 4.78 is 32.8. The van der Waals surface area contributed by atoms with E-state index in [1.165, 1.54) is 0 Å². The number of aliphatic hydroxyl groups is 1. The van der Waals surface area contributed by atoms with Gasteiger partial charge in [0.15, 0.2) is 0 Å². The Kier molecular flexibility index (Phi) is 7.08. The molecule has 0 bridgehead atoms. The third-order valence-electron chi connectivity index (χ3n) is 0.373. The Morgan fingerprint density at radius 2 is 1.62 bits per heavy atom. The highest BCUT2D eigenvalue weighted by Gasteiger charge is 2.08. The van der Waals surface area contributed by atoms with Crippen LogP contribution in [0.1, 0.15) is 6.42 Å². The first-order valence-electron chi connectivity index (χ1n) is 1.73. The van der Waals surface area contributed by atoms with Crippen molar-refractivity contribution in [3.05, 3.63) is 0 Å². The van der Waals surface area contributed by atoms with Gasteiger partial charge < -0.3 is 5.11 Å². The van der Waals surface area contributed by atoms with Crippen LogP contribution in [0.25, 0.3) is 0 Å². The van der Waals surface area contributed by atoms with Gasteiger partial charge in [-0.15, -0.1) is 12.4 Å². The first-order valence-corrected chi connectivity index (χ1v) is 1.73. The van der Waals surface area contributed by atoms with Crippen molar-refractivity contribution in [3.63, 3.8) is 0 Å². The summed E-state index contributed by atoms with van der Waals surface area (Å²) in [5.74, 6) is 0. The van der Waals surface area contributed by atoms with Gasteiger partial charge >= 0.3 is 0 Å². The molecule has 0 aliphatic heterocycles. The van der Waals surface area contributed by atoms with Crippen molar-refractivity contribution in [1.29, 1.82) is 0 Å². The minimum atomic E-state index is -2.75. The fourth-order valence-corrected chi connectivity index (χ4v) is 0.147. The predicted octanol–water partition coefficient (Wildman–Crippen LogP) is 1.35. The molecule has 0 rings (SSSR count). The lowest BCUT2D eigenvalue weighted by atomic mass is 10.5. The largest absolute Gasteiger partial charge is 0.364 e. The van der Waals surface area contributed by atoms with Crippen LogP contribution >= 0.6 is 12.4 Å². The topological polar surface area (TPSA) is 20.2 Å². The van der Waals surface area contributed by atoms with E-state index in [1.807, 2.05) is 0 Å². The molecular weight excluding hydrogens is 144 g/mol. The van der Waals surface area contributed by atoms with Gasteiger partial charge in [0.2, 0.25) is 12.8 Å². The third kappa shape index (κ3) is 9.40. The van der Waals surface area contributed by atoms with Gasteiger partial charge in [0.25, 0.3) is 0 Å². The summed E-state index contributed by atoms with van der Waals surface area (Å²) in [6.07, 6.45) is -6.21. The van der Waals surface area contributed by atoms with E-state index in [2.05, 4.69) is 0 Å². The van der Waals surface area contributed by atoms with Crippen LogP contribution < -0.4 is 0 Å². The molecule has 0 aromatic rings. The molecule has 8 heavy (non-hydrogen) atoms. The van der Waals surface area contributed by atoms with Gasteiger partial charge in [0.05, 0.1) is 6.42 Å². The number of hydrogen-bond acceptors (Lipinski definition) is 1. The van der Waals surface area contributed by atoms with Crippen LogP contribution in [0.2, 0.25) is 0 Å². The van der Waals surface area contributed by atoms with Gasteiger partial charge in [-0.2, -0.15) is 0 Å². The molecule has 0 aromatic carbocycles. The van der Waals surface area contributed by atoms with Crippen LogP contribution in [0.3, 0.4) is 0 Å². The Morgan fingerprint density at radius 1 is 1.25 bits per heavy atom.